The molecule has 1 aliphatic rings. The predicted octanol–water partition coefficient (Wildman–Crippen LogP) is 7.21. The van der Waals surface area contributed by atoms with Gasteiger partial charge in [-0.15, -0.1) is 0 Å². The Hall–Kier alpha value is -1.75. The molecule has 0 bridgehead atoms. The number of thioether (sulfide) groups is 1. The number of carbonyl (C=O) groups is 2. The molecule has 0 saturated heterocycles. The molecule has 0 amide bonds. The van der Waals surface area contributed by atoms with E-state index in [2.05, 4.69) is 20.8 Å². The van der Waals surface area contributed by atoms with Crippen molar-refractivity contribution in [2.75, 3.05) is 20.0 Å². The van der Waals surface area contributed by atoms with Gasteiger partial charge in [-0.3, -0.25) is 9.59 Å². The number of unbranched alkanes of at least 4 members (excludes halogenated alkanes) is 5. The number of hydrogen-bond acceptors (Lipinski definition) is 5. The summed E-state index contributed by atoms with van der Waals surface area (Å²) in [5, 5.41) is 0.202. The van der Waals surface area contributed by atoms with E-state index in [0.29, 0.717) is 28.5 Å². The van der Waals surface area contributed by atoms with Gasteiger partial charge in [0.1, 0.15) is 11.5 Å². The molecule has 0 aromatic heterocycles. The molecule has 0 spiro atoms. The molecule has 1 unspecified atom stereocenters. The first-order chi connectivity index (χ1) is 14.9. The molecule has 31 heavy (non-hydrogen) atoms. The van der Waals surface area contributed by atoms with E-state index in [9.17, 15) is 9.59 Å². The van der Waals surface area contributed by atoms with E-state index < -0.39 is 0 Å². The summed E-state index contributed by atoms with van der Waals surface area (Å²) in [7, 11) is 3.14. The van der Waals surface area contributed by atoms with Gasteiger partial charge in [-0.05, 0) is 42.7 Å². The normalized spacial score (nSPS) is 14.1. The summed E-state index contributed by atoms with van der Waals surface area (Å²) < 4.78 is 11.3. The van der Waals surface area contributed by atoms with E-state index >= 15 is 0 Å². The Morgan fingerprint density at radius 2 is 1.52 bits per heavy atom. The Bertz CT molecular complexity index is 782. The molecule has 1 aromatic carbocycles. The minimum absolute atomic E-state index is 0.197. The maximum absolute atomic E-state index is 12.7. The fraction of sp³-hybridized carbons (Fsp3) is 0.615. The Labute approximate surface area is 192 Å². The van der Waals surface area contributed by atoms with Crippen molar-refractivity contribution in [2.45, 2.75) is 77.4 Å². The van der Waals surface area contributed by atoms with Gasteiger partial charge in [0.25, 0.3) is 0 Å². The molecule has 0 fully saturated rings. The van der Waals surface area contributed by atoms with Crippen molar-refractivity contribution in [3.63, 3.8) is 0 Å². The zero-order chi connectivity index (χ0) is 22.8. The van der Waals surface area contributed by atoms with Crippen molar-refractivity contribution in [3.8, 4) is 11.5 Å². The maximum Gasteiger partial charge on any atom is 0.190 e. The van der Waals surface area contributed by atoms with Crippen LogP contribution in [0.3, 0.4) is 0 Å². The Balaban J connectivity index is 2.35. The molecule has 1 aromatic rings. The highest BCUT2D eigenvalue weighted by molar-refractivity contribution is 7.99. The molecule has 0 heterocycles. The number of allylic oxidation sites excluding steroid dienone is 2. The first-order valence-electron chi connectivity index (χ1n) is 11.6. The van der Waals surface area contributed by atoms with Gasteiger partial charge < -0.3 is 9.47 Å². The topological polar surface area (TPSA) is 52.6 Å². The van der Waals surface area contributed by atoms with Crippen LogP contribution < -0.4 is 9.47 Å². The van der Waals surface area contributed by atoms with Crippen LogP contribution in [-0.4, -0.2) is 31.5 Å². The van der Waals surface area contributed by atoms with Crippen molar-refractivity contribution in [1.29, 1.82) is 0 Å². The highest BCUT2D eigenvalue weighted by Gasteiger charge is 2.32. The molecule has 0 saturated carbocycles. The number of carbonyl (C=O) groups excluding carboxylic acids is 2. The Morgan fingerprint density at radius 1 is 0.871 bits per heavy atom. The van der Waals surface area contributed by atoms with Gasteiger partial charge in [0.15, 0.2) is 11.6 Å². The average Bonchev–Trinajstić information content (AvgIpc) is 2.75. The van der Waals surface area contributed by atoms with E-state index in [1.54, 1.807) is 14.2 Å². The van der Waals surface area contributed by atoms with Crippen LogP contribution in [0.1, 0.15) is 104 Å². The van der Waals surface area contributed by atoms with Gasteiger partial charge in [0.2, 0.25) is 0 Å². The molecule has 1 aliphatic carbocycles. The lowest BCUT2D eigenvalue weighted by molar-refractivity contribution is 0.0988. The van der Waals surface area contributed by atoms with Crippen LogP contribution in [0.15, 0.2) is 18.2 Å². The fourth-order valence-corrected chi connectivity index (χ4v) is 5.54. The van der Waals surface area contributed by atoms with Crippen LogP contribution in [0.2, 0.25) is 0 Å². The summed E-state index contributed by atoms with van der Waals surface area (Å²) in [6, 6.07) is 1.92. The van der Waals surface area contributed by atoms with Crippen molar-refractivity contribution >= 4 is 23.3 Å². The van der Waals surface area contributed by atoms with E-state index in [-0.39, 0.29) is 16.8 Å². The second-order valence-corrected chi connectivity index (χ2v) is 9.92. The second kappa shape index (κ2) is 12.9. The minimum Gasteiger partial charge on any atom is -0.496 e. The van der Waals surface area contributed by atoms with E-state index in [1.165, 1.54) is 44.3 Å². The van der Waals surface area contributed by atoms with Crippen molar-refractivity contribution < 1.29 is 19.1 Å². The summed E-state index contributed by atoms with van der Waals surface area (Å²) in [5.74, 6) is 2.28. The molecule has 0 N–H and O–H groups in total. The van der Waals surface area contributed by atoms with Crippen molar-refractivity contribution in [3.05, 3.63) is 34.9 Å². The third-order valence-electron chi connectivity index (χ3n) is 5.76. The van der Waals surface area contributed by atoms with E-state index in [1.807, 2.05) is 17.8 Å². The second-order valence-electron chi connectivity index (χ2n) is 8.61. The molecule has 4 nitrogen and oxygen atoms in total. The van der Waals surface area contributed by atoms with Gasteiger partial charge in [-0.2, -0.15) is 11.8 Å². The SMILES string of the molecule is CCCCCCCCC(SCCC(C)C)c1cc(OC)c2c(c1OC)C(=O)C=CC2=O. The molecule has 2 rings (SSSR count). The standard InChI is InChI=1S/C26H38O4S/c1-6-7-8-9-10-11-12-23(31-16-15-18(2)3)19-17-22(29-4)24-20(27)13-14-21(28)25(24)26(19)30-5/h13-14,17-18,23H,6-12,15-16H2,1-5H3. The molecular formula is C26H38O4S. The van der Waals surface area contributed by atoms with Crippen LogP contribution >= 0.6 is 11.8 Å². The summed E-state index contributed by atoms with van der Waals surface area (Å²) in [4.78, 5) is 25.3. The first kappa shape index (κ1) is 25.5. The smallest absolute Gasteiger partial charge is 0.190 e. The minimum atomic E-state index is -0.212. The molecule has 1 atom stereocenters. The average molecular weight is 447 g/mol. The van der Waals surface area contributed by atoms with Gasteiger partial charge >= 0.3 is 0 Å². The van der Waals surface area contributed by atoms with E-state index in [4.69, 9.17) is 9.47 Å². The van der Waals surface area contributed by atoms with Gasteiger partial charge in [-0.25, -0.2) is 0 Å². The highest BCUT2D eigenvalue weighted by Crippen LogP contribution is 2.46. The predicted molar refractivity (Wildman–Crippen MR) is 130 cm³/mol. The number of ether oxygens (including phenoxy) is 2. The molecule has 5 heteroatoms. The third-order valence-corrected chi connectivity index (χ3v) is 7.12. The van der Waals surface area contributed by atoms with Crippen LogP contribution in [0.4, 0.5) is 0 Å². The van der Waals surface area contributed by atoms with Crippen LogP contribution in [0, 0.1) is 5.92 Å². The van der Waals surface area contributed by atoms with Gasteiger partial charge in [-0.1, -0.05) is 59.3 Å². The van der Waals surface area contributed by atoms with E-state index in [0.717, 1.165) is 30.6 Å². The molecule has 0 aliphatic heterocycles. The van der Waals surface area contributed by atoms with Gasteiger partial charge in [0.05, 0.1) is 25.3 Å². The Kier molecular flexibility index (Phi) is 10.7. The summed E-state index contributed by atoms with van der Waals surface area (Å²) in [6.45, 7) is 6.71. The lowest BCUT2D eigenvalue weighted by Crippen LogP contribution is -2.17. The van der Waals surface area contributed by atoms with Gasteiger partial charge in [0, 0.05) is 10.8 Å². The molecule has 0 radical (unpaired) electrons. The number of rotatable bonds is 14. The fourth-order valence-electron chi connectivity index (χ4n) is 3.96. The summed E-state index contributed by atoms with van der Waals surface area (Å²) in [6.07, 6.45) is 12.3. The summed E-state index contributed by atoms with van der Waals surface area (Å²) >= 11 is 1.92. The number of benzene rings is 1. The quantitative estimate of drug-likeness (QED) is 0.283. The summed E-state index contributed by atoms with van der Waals surface area (Å²) in [5.41, 5.74) is 1.64. The monoisotopic (exact) mass is 446 g/mol. The number of hydrogen-bond donors (Lipinski definition) is 0. The molecule has 172 valence electrons. The van der Waals surface area contributed by atoms with Crippen LogP contribution in [0.25, 0.3) is 0 Å². The third kappa shape index (κ3) is 6.86. The van der Waals surface area contributed by atoms with Crippen LogP contribution in [-0.2, 0) is 0 Å². The zero-order valence-electron chi connectivity index (χ0n) is 19.8. The largest absolute Gasteiger partial charge is 0.496 e. The highest BCUT2D eigenvalue weighted by atomic mass is 32.2. The Morgan fingerprint density at radius 3 is 2.13 bits per heavy atom. The maximum atomic E-state index is 12.7. The first-order valence-corrected chi connectivity index (χ1v) is 12.7. The number of fused-ring (bicyclic) bond motifs is 1. The lowest BCUT2D eigenvalue weighted by atomic mass is 9.89. The number of ketones is 2. The molecular weight excluding hydrogens is 408 g/mol. The zero-order valence-corrected chi connectivity index (χ0v) is 20.6. The van der Waals surface area contributed by atoms with Crippen molar-refractivity contribution in [2.24, 2.45) is 5.92 Å². The van der Waals surface area contributed by atoms with Crippen molar-refractivity contribution in [1.82, 2.24) is 0 Å². The lowest BCUT2D eigenvalue weighted by Gasteiger charge is -2.25. The number of methoxy groups -OCH3 is 2. The van der Waals surface area contributed by atoms with Crippen LogP contribution in [0.5, 0.6) is 11.5 Å².